The number of hydrogen-bond donors (Lipinski definition) is 4. The number of hydrogen-bond acceptors (Lipinski definition) is 6. The molecule has 1 atom stereocenters. The average molecular weight is 463 g/mol. The molecule has 2 aromatic carbocycles. The van der Waals surface area contributed by atoms with Gasteiger partial charge >= 0.3 is 12.1 Å². The van der Waals surface area contributed by atoms with Crippen molar-refractivity contribution in [3.05, 3.63) is 65.5 Å². The monoisotopic (exact) mass is 463 g/mol. The minimum Gasteiger partial charge on any atom is -0.481 e. The molecule has 0 spiro atoms. The highest BCUT2D eigenvalue weighted by molar-refractivity contribution is 5.92. The molecule has 1 heterocycles. The van der Waals surface area contributed by atoms with Crippen molar-refractivity contribution in [2.45, 2.75) is 38.1 Å². The van der Waals surface area contributed by atoms with Gasteiger partial charge in [-0.25, -0.2) is 4.79 Å². The van der Waals surface area contributed by atoms with Gasteiger partial charge in [0.25, 0.3) is 11.9 Å². The van der Waals surface area contributed by atoms with Crippen LogP contribution in [0.2, 0.25) is 0 Å². The molecule has 0 unspecified atom stereocenters. The molecule has 2 amide bonds. The normalized spacial score (nSPS) is 13.0. The molecule has 10 nitrogen and oxygen atoms in total. The Morgan fingerprint density at radius 1 is 1.09 bits per heavy atom. The van der Waals surface area contributed by atoms with Crippen molar-refractivity contribution in [1.29, 1.82) is 0 Å². The summed E-state index contributed by atoms with van der Waals surface area (Å²) in [7, 11) is 0. The molecule has 0 fully saturated rings. The zero-order valence-electron chi connectivity index (χ0n) is 18.6. The average Bonchev–Trinajstić information content (AvgIpc) is 3.40. The number of carboxylic acid groups (broad SMARTS) is 1. The molecule has 10 heteroatoms. The Bertz CT molecular complexity index is 1160. The summed E-state index contributed by atoms with van der Waals surface area (Å²) < 4.78 is 5.44. The fourth-order valence-electron chi connectivity index (χ4n) is 4.18. The van der Waals surface area contributed by atoms with E-state index in [0.717, 1.165) is 22.3 Å². The minimum atomic E-state index is -1.01. The molecule has 0 aliphatic heterocycles. The summed E-state index contributed by atoms with van der Waals surface area (Å²) >= 11 is 0. The number of nitrogens with zero attached hydrogens (tertiary/aromatic N) is 2. The molecule has 4 N–H and O–H groups in total. The van der Waals surface area contributed by atoms with Gasteiger partial charge < -0.3 is 15.2 Å². The highest BCUT2D eigenvalue weighted by Gasteiger charge is 2.29. The number of ether oxygens (including phenoxy) is 1. The maximum Gasteiger partial charge on any atom is 0.414 e. The number of carboxylic acids is 1. The number of carbonyl (C=O) groups excluding carboxylic acids is 2. The molecule has 34 heavy (non-hydrogen) atoms. The smallest absolute Gasteiger partial charge is 0.414 e. The topological polar surface area (TPSA) is 146 Å². The second-order valence-corrected chi connectivity index (χ2v) is 8.02. The quantitative estimate of drug-likeness (QED) is 0.379. The minimum absolute atomic E-state index is 0.0867. The number of aromatic amines is 1. The number of fused-ring (bicyclic) bond motifs is 3. The van der Waals surface area contributed by atoms with Crippen LogP contribution in [-0.2, 0) is 9.53 Å². The third-order valence-electron chi connectivity index (χ3n) is 5.65. The van der Waals surface area contributed by atoms with Gasteiger partial charge in [0, 0.05) is 12.0 Å². The number of aromatic nitrogens is 3. The van der Waals surface area contributed by atoms with Crippen molar-refractivity contribution in [3.8, 4) is 11.1 Å². The van der Waals surface area contributed by atoms with Crippen molar-refractivity contribution in [3.63, 3.8) is 0 Å². The van der Waals surface area contributed by atoms with Crippen molar-refractivity contribution in [2.24, 2.45) is 0 Å². The first-order chi connectivity index (χ1) is 16.5. The fraction of sp³-hybridized carbons (Fsp3) is 0.292. The lowest BCUT2D eigenvalue weighted by Gasteiger charge is -2.14. The van der Waals surface area contributed by atoms with Crippen LogP contribution in [0, 0.1) is 0 Å². The molecule has 4 rings (SSSR count). The number of amides is 2. The zero-order chi connectivity index (χ0) is 24.1. The number of aliphatic carboxylic acids is 1. The SMILES string of the molecule is CCC[C@H](CC(=O)O)NC(=O)c1nc(NC(=O)OCC2c3ccccc3-c3ccccc32)n[nH]1. The van der Waals surface area contributed by atoms with Gasteiger partial charge in [-0.3, -0.25) is 20.0 Å². The van der Waals surface area contributed by atoms with Crippen LogP contribution in [-0.4, -0.2) is 50.9 Å². The Morgan fingerprint density at radius 2 is 1.74 bits per heavy atom. The zero-order valence-corrected chi connectivity index (χ0v) is 18.6. The van der Waals surface area contributed by atoms with Crippen LogP contribution in [0.1, 0.15) is 53.8 Å². The summed E-state index contributed by atoms with van der Waals surface area (Å²) in [5.74, 6) is -1.95. The van der Waals surface area contributed by atoms with E-state index in [9.17, 15) is 14.4 Å². The van der Waals surface area contributed by atoms with Crippen LogP contribution in [0.15, 0.2) is 48.5 Å². The molecule has 0 saturated heterocycles. The van der Waals surface area contributed by atoms with Gasteiger partial charge in [-0.15, -0.1) is 5.10 Å². The molecule has 1 aliphatic rings. The predicted octanol–water partition coefficient (Wildman–Crippen LogP) is 3.54. The van der Waals surface area contributed by atoms with Crippen LogP contribution in [0.5, 0.6) is 0 Å². The van der Waals surface area contributed by atoms with Crippen molar-refractivity contribution >= 4 is 23.9 Å². The number of H-pyrrole nitrogens is 1. The molecular formula is C24H25N5O5. The van der Waals surface area contributed by atoms with Gasteiger partial charge in [-0.1, -0.05) is 61.9 Å². The number of rotatable bonds is 9. The first-order valence-corrected chi connectivity index (χ1v) is 11.0. The van der Waals surface area contributed by atoms with Gasteiger partial charge in [-0.2, -0.15) is 4.98 Å². The van der Waals surface area contributed by atoms with E-state index in [1.54, 1.807) is 0 Å². The Balaban J connectivity index is 1.35. The van der Waals surface area contributed by atoms with E-state index in [1.807, 2.05) is 43.3 Å². The van der Waals surface area contributed by atoms with Crippen LogP contribution < -0.4 is 10.6 Å². The summed E-state index contributed by atoms with van der Waals surface area (Å²) in [6.07, 6.45) is 0.279. The lowest BCUT2D eigenvalue weighted by Crippen LogP contribution is -2.37. The van der Waals surface area contributed by atoms with E-state index in [1.165, 1.54) is 0 Å². The largest absolute Gasteiger partial charge is 0.481 e. The third-order valence-corrected chi connectivity index (χ3v) is 5.65. The molecule has 0 radical (unpaired) electrons. The molecule has 0 bridgehead atoms. The predicted molar refractivity (Wildman–Crippen MR) is 123 cm³/mol. The van der Waals surface area contributed by atoms with E-state index in [0.29, 0.717) is 12.8 Å². The van der Waals surface area contributed by atoms with Crippen LogP contribution in [0.4, 0.5) is 10.7 Å². The maximum atomic E-state index is 12.4. The number of carbonyl (C=O) groups is 3. The lowest BCUT2D eigenvalue weighted by molar-refractivity contribution is -0.137. The van der Waals surface area contributed by atoms with Gasteiger partial charge in [0.1, 0.15) is 6.61 Å². The molecule has 3 aromatic rings. The summed E-state index contributed by atoms with van der Waals surface area (Å²) in [6.45, 7) is 2.03. The summed E-state index contributed by atoms with van der Waals surface area (Å²) in [4.78, 5) is 39.7. The van der Waals surface area contributed by atoms with Crippen molar-refractivity contribution in [1.82, 2.24) is 20.5 Å². The highest BCUT2D eigenvalue weighted by Crippen LogP contribution is 2.44. The number of nitrogens with one attached hydrogen (secondary N) is 3. The van der Waals surface area contributed by atoms with E-state index in [2.05, 4.69) is 37.9 Å². The van der Waals surface area contributed by atoms with Crippen molar-refractivity contribution in [2.75, 3.05) is 11.9 Å². The molecular weight excluding hydrogens is 438 g/mol. The fourth-order valence-corrected chi connectivity index (χ4v) is 4.18. The maximum absolute atomic E-state index is 12.4. The van der Waals surface area contributed by atoms with Crippen LogP contribution in [0.3, 0.4) is 0 Å². The molecule has 1 aromatic heterocycles. The van der Waals surface area contributed by atoms with E-state index >= 15 is 0 Å². The van der Waals surface area contributed by atoms with E-state index in [-0.39, 0.29) is 30.7 Å². The Morgan fingerprint density at radius 3 is 2.35 bits per heavy atom. The highest BCUT2D eigenvalue weighted by atomic mass is 16.5. The first-order valence-electron chi connectivity index (χ1n) is 11.0. The van der Waals surface area contributed by atoms with Crippen LogP contribution >= 0.6 is 0 Å². The summed E-state index contributed by atoms with van der Waals surface area (Å²) in [5, 5.41) is 20.3. The Hall–Kier alpha value is -4.21. The van der Waals surface area contributed by atoms with E-state index in [4.69, 9.17) is 9.84 Å². The number of anilines is 1. The molecule has 176 valence electrons. The Kier molecular flexibility index (Phi) is 6.86. The first kappa shape index (κ1) is 23.0. The van der Waals surface area contributed by atoms with Gasteiger partial charge in [0.05, 0.1) is 6.42 Å². The van der Waals surface area contributed by atoms with Crippen LogP contribution in [0.25, 0.3) is 11.1 Å². The third kappa shape index (κ3) is 5.06. The number of benzene rings is 2. The van der Waals surface area contributed by atoms with Gasteiger partial charge in [0.2, 0.25) is 5.82 Å². The Labute approximate surface area is 195 Å². The second kappa shape index (κ2) is 10.2. The van der Waals surface area contributed by atoms with Gasteiger partial charge in [-0.05, 0) is 28.7 Å². The van der Waals surface area contributed by atoms with Gasteiger partial charge in [0.15, 0.2) is 0 Å². The standard InChI is InChI=1S/C24H25N5O5/c1-2-7-14(12-20(30)31)25-22(32)21-26-23(29-28-21)27-24(33)34-13-19-17-10-5-3-8-15(17)16-9-4-6-11-18(16)19/h3-6,8-11,14,19H,2,7,12-13H2,1H3,(H,25,32)(H,30,31)(H2,26,27,28,29,33)/t14-/m1/s1. The lowest BCUT2D eigenvalue weighted by atomic mass is 9.98. The molecule has 1 aliphatic carbocycles. The second-order valence-electron chi connectivity index (χ2n) is 8.02. The van der Waals surface area contributed by atoms with E-state index < -0.39 is 24.0 Å². The van der Waals surface area contributed by atoms with Crippen molar-refractivity contribution < 1.29 is 24.2 Å². The summed E-state index contributed by atoms with van der Waals surface area (Å²) in [6, 6.07) is 15.5. The molecule has 0 saturated carbocycles. The summed E-state index contributed by atoms with van der Waals surface area (Å²) in [5.41, 5.74) is 4.44.